The van der Waals surface area contributed by atoms with Crippen molar-refractivity contribution >= 4 is 62.8 Å². The molecule has 0 spiro atoms. The molecule has 214 valence electrons. The van der Waals surface area contributed by atoms with E-state index in [-0.39, 0.29) is 16.7 Å². The highest BCUT2D eigenvalue weighted by Gasteiger charge is 2.49. The Morgan fingerprint density at radius 2 is 1.85 bits per heavy atom. The van der Waals surface area contributed by atoms with Gasteiger partial charge in [0, 0.05) is 42.0 Å². The van der Waals surface area contributed by atoms with Crippen LogP contribution in [0.4, 0.5) is 15.9 Å². The number of aliphatic hydroxyl groups excluding tert-OH is 2. The quantitative estimate of drug-likeness (QED) is 0.206. The third-order valence-electron chi connectivity index (χ3n) is 7.28. The predicted molar refractivity (Wildman–Crippen MR) is 158 cm³/mol. The van der Waals surface area contributed by atoms with Gasteiger partial charge in [0.05, 0.1) is 6.33 Å². The number of amides is 1. The number of rotatable bonds is 6. The van der Waals surface area contributed by atoms with Crippen LogP contribution in [0.5, 0.6) is 0 Å². The number of aliphatic hydroxyl groups is 2. The Bertz CT molecular complexity index is 1570. The van der Waals surface area contributed by atoms with Crippen LogP contribution in [0.15, 0.2) is 54.9 Å². The number of halogens is 3. The molecule has 4 aromatic rings. The Balaban J connectivity index is 1.16. The number of nitrogens with zero attached hydrogens (tertiary/aromatic N) is 6. The van der Waals surface area contributed by atoms with Gasteiger partial charge in [0.1, 0.15) is 18.0 Å². The molecule has 0 saturated carbocycles. The van der Waals surface area contributed by atoms with Crippen molar-refractivity contribution in [1.82, 2.24) is 24.4 Å². The molecule has 14 heteroatoms. The van der Waals surface area contributed by atoms with Crippen LogP contribution in [0.3, 0.4) is 0 Å². The largest absolute Gasteiger partial charge is 0.387 e. The fourth-order valence-electron chi connectivity index (χ4n) is 5.14. The Hall–Kier alpha value is -3.11. The van der Waals surface area contributed by atoms with E-state index in [2.05, 4.69) is 47.8 Å². The third-order valence-corrected chi connectivity index (χ3v) is 8.12. The summed E-state index contributed by atoms with van der Waals surface area (Å²) in [5.41, 5.74) is 2.59. The van der Waals surface area contributed by atoms with E-state index < -0.39 is 30.4 Å². The van der Waals surface area contributed by atoms with E-state index >= 15 is 0 Å². The summed E-state index contributed by atoms with van der Waals surface area (Å²) in [5, 5.41) is 24.9. The van der Waals surface area contributed by atoms with Crippen molar-refractivity contribution in [2.75, 3.05) is 36.4 Å². The van der Waals surface area contributed by atoms with E-state index in [0.29, 0.717) is 44.1 Å². The van der Waals surface area contributed by atoms with E-state index in [9.17, 15) is 19.4 Å². The maximum absolute atomic E-state index is 13.4. The molecule has 2 fully saturated rings. The predicted octanol–water partition coefficient (Wildman–Crippen LogP) is 2.80. The number of hydrogen-bond donors (Lipinski definition) is 3. The van der Waals surface area contributed by atoms with E-state index in [1.54, 1.807) is 17.0 Å². The molecule has 41 heavy (non-hydrogen) atoms. The number of piperazine rings is 1. The average Bonchev–Trinajstić information content (AvgIpc) is 3.52. The molecule has 2 aliphatic rings. The number of carbonyl (C=O) groups is 1. The molecule has 2 saturated heterocycles. The van der Waals surface area contributed by atoms with Crippen LogP contribution in [0.25, 0.3) is 11.2 Å². The lowest BCUT2D eigenvalue weighted by molar-refractivity contribution is -0.148. The first-order valence-corrected chi connectivity index (χ1v) is 14.4. The number of imidazole rings is 1. The first kappa shape index (κ1) is 28.0. The van der Waals surface area contributed by atoms with Gasteiger partial charge in [0.2, 0.25) is 5.28 Å². The molecule has 3 N–H and O–H groups in total. The average molecular weight is 694 g/mol. The van der Waals surface area contributed by atoms with Gasteiger partial charge in [-0.3, -0.25) is 9.36 Å². The first-order valence-electron chi connectivity index (χ1n) is 13.0. The van der Waals surface area contributed by atoms with Crippen molar-refractivity contribution in [1.29, 1.82) is 0 Å². The third kappa shape index (κ3) is 5.68. The summed E-state index contributed by atoms with van der Waals surface area (Å²) in [7, 11) is 0. The smallest absolute Gasteiger partial charge is 0.254 e. The van der Waals surface area contributed by atoms with E-state index in [0.717, 1.165) is 14.8 Å². The summed E-state index contributed by atoms with van der Waals surface area (Å²) in [6, 6.07) is 14.2. The summed E-state index contributed by atoms with van der Waals surface area (Å²) in [6.07, 6.45) is -3.87. The van der Waals surface area contributed by atoms with Gasteiger partial charge in [-0.05, 0) is 76.2 Å². The molecule has 2 aromatic heterocycles. The molecule has 1 amide bonds. The zero-order valence-electron chi connectivity index (χ0n) is 21.6. The number of nitrogens with one attached hydrogen (secondary N) is 1. The Morgan fingerprint density at radius 1 is 1.10 bits per heavy atom. The standard InChI is InChI=1S/C27H26ClFIN7O4/c28-27-33-23(31-13-15-2-1-3-17(30)12-15)19-24(34-27)37(14-32-19)26-21(39)20(38)22(41-26)25(40)36-10-8-35(9-11-36)18-6-4-16(29)5-7-18/h1-7,12,14,20-22,26,38-39H,8-11,13H2,(H,31,33,34)/t20-,21+,22-,26+/m0/s1. The molecule has 6 rings (SSSR count). The lowest BCUT2D eigenvalue weighted by atomic mass is 10.1. The minimum Gasteiger partial charge on any atom is -0.387 e. The second-order valence-corrected chi connectivity index (χ2v) is 11.4. The van der Waals surface area contributed by atoms with Crippen LogP contribution in [-0.2, 0) is 16.1 Å². The SMILES string of the molecule is O=C([C@H]1O[C@@H](n2cnc3c(NCc4cccc(I)c4)nc(Cl)nc32)[C@H](O)[C@@H]1O)N1CCN(c2ccc(F)cc2)CC1. The van der Waals surface area contributed by atoms with Crippen molar-refractivity contribution in [2.45, 2.75) is 31.1 Å². The highest BCUT2D eigenvalue weighted by Crippen LogP contribution is 2.34. The molecule has 0 bridgehead atoms. The molecule has 0 radical (unpaired) electrons. The van der Waals surface area contributed by atoms with Gasteiger partial charge in [-0.2, -0.15) is 9.97 Å². The Kier molecular flexibility index (Phi) is 7.96. The number of aromatic nitrogens is 4. The van der Waals surface area contributed by atoms with Crippen LogP contribution < -0.4 is 10.2 Å². The van der Waals surface area contributed by atoms with Crippen LogP contribution in [-0.4, -0.2) is 85.0 Å². The molecular weight excluding hydrogens is 668 g/mol. The van der Waals surface area contributed by atoms with Crippen LogP contribution in [0, 0.1) is 9.39 Å². The lowest BCUT2D eigenvalue weighted by Gasteiger charge is -2.37. The molecule has 2 aliphatic heterocycles. The number of hydrogen-bond acceptors (Lipinski definition) is 9. The molecule has 2 aromatic carbocycles. The summed E-state index contributed by atoms with van der Waals surface area (Å²) in [6.45, 7) is 2.31. The minimum atomic E-state index is -1.46. The van der Waals surface area contributed by atoms with Gasteiger partial charge >= 0.3 is 0 Å². The maximum atomic E-state index is 13.4. The van der Waals surface area contributed by atoms with Gasteiger partial charge in [-0.25, -0.2) is 9.37 Å². The summed E-state index contributed by atoms with van der Waals surface area (Å²) in [4.78, 5) is 30.0. The topological polar surface area (TPSA) is 129 Å². The highest BCUT2D eigenvalue weighted by atomic mass is 127. The number of benzene rings is 2. The second-order valence-electron chi connectivity index (χ2n) is 9.87. The van der Waals surface area contributed by atoms with E-state index in [4.69, 9.17) is 16.3 Å². The molecule has 0 aliphatic carbocycles. The van der Waals surface area contributed by atoms with Crippen LogP contribution >= 0.6 is 34.2 Å². The maximum Gasteiger partial charge on any atom is 0.254 e. The highest BCUT2D eigenvalue weighted by molar-refractivity contribution is 14.1. The zero-order valence-corrected chi connectivity index (χ0v) is 24.5. The number of carbonyl (C=O) groups excluding carboxylic acids is 1. The van der Waals surface area contributed by atoms with Gasteiger partial charge < -0.3 is 30.1 Å². The van der Waals surface area contributed by atoms with Gasteiger partial charge in [0.25, 0.3) is 5.91 Å². The fraction of sp³-hybridized carbons (Fsp3) is 0.333. The number of fused-ring (bicyclic) bond motifs is 1. The molecule has 4 atom stereocenters. The normalized spacial score (nSPS) is 22.9. The molecular formula is C27H26ClFIN7O4. The monoisotopic (exact) mass is 693 g/mol. The summed E-state index contributed by atoms with van der Waals surface area (Å²) in [5.74, 6) is -0.330. The second kappa shape index (κ2) is 11.6. The van der Waals surface area contributed by atoms with Crippen molar-refractivity contribution in [3.63, 3.8) is 0 Å². The van der Waals surface area contributed by atoms with Crippen molar-refractivity contribution < 1.29 is 24.1 Å². The minimum absolute atomic E-state index is 0.0379. The Labute approximate surface area is 253 Å². The number of ether oxygens (including phenoxy) is 1. The first-order chi connectivity index (χ1) is 19.8. The summed E-state index contributed by atoms with van der Waals surface area (Å²) >= 11 is 8.48. The number of anilines is 2. The summed E-state index contributed by atoms with van der Waals surface area (Å²) < 4.78 is 21.8. The Morgan fingerprint density at radius 3 is 2.59 bits per heavy atom. The van der Waals surface area contributed by atoms with Gasteiger partial charge in [-0.1, -0.05) is 12.1 Å². The molecule has 4 heterocycles. The van der Waals surface area contributed by atoms with E-state index in [1.807, 2.05) is 24.3 Å². The van der Waals surface area contributed by atoms with Crippen molar-refractivity contribution in [3.05, 3.63) is 75.1 Å². The van der Waals surface area contributed by atoms with Crippen LogP contribution in [0.1, 0.15) is 11.8 Å². The molecule has 0 unspecified atom stereocenters. The fourth-order valence-corrected chi connectivity index (χ4v) is 5.91. The lowest BCUT2D eigenvalue weighted by Crippen LogP contribution is -2.53. The van der Waals surface area contributed by atoms with E-state index in [1.165, 1.54) is 23.0 Å². The van der Waals surface area contributed by atoms with Gasteiger partial charge in [-0.15, -0.1) is 0 Å². The zero-order chi connectivity index (χ0) is 28.7. The van der Waals surface area contributed by atoms with Crippen molar-refractivity contribution in [3.8, 4) is 0 Å². The van der Waals surface area contributed by atoms with Gasteiger partial charge in [0.15, 0.2) is 29.3 Å². The van der Waals surface area contributed by atoms with Crippen LogP contribution in [0.2, 0.25) is 5.28 Å². The van der Waals surface area contributed by atoms with Crippen molar-refractivity contribution in [2.24, 2.45) is 0 Å². The molecule has 11 nitrogen and oxygen atoms in total.